The molecule has 0 fully saturated rings. The van der Waals surface area contributed by atoms with E-state index in [1.54, 1.807) is 0 Å². The molecule has 0 amide bonds. The lowest BCUT2D eigenvalue weighted by Gasteiger charge is -2.33. The Labute approximate surface area is 405 Å². The van der Waals surface area contributed by atoms with Gasteiger partial charge in [0.15, 0.2) is 0 Å². The number of hydrogen-bond donors (Lipinski definition) is 0. The second kappa shape index (κ2) is 16.1. The Morgan fingerprint density at radius 1 is 0.261 bits per heavy atom. The summed E-state index contributed by atoms with van der Waals surface area (Å²) in [6, 6.07) is 96.8. The van der Waals surface area contributed by atoms with Gasteiger partial charge in [0.25, 0.3) is 0 Å². The quantitative estimate of drug-likeness (QED) is 0.147. The van der Waals surface area contributed by atoms with Crippen molar-refractivity contribution in [3.63, 3.8) is 0 Å². The van der Waals surface area contributed by atoms with Crippen molar-refractivity contribution < 1.29 is 0 Å². The summed E-state index contributed by atoms with van der Waals surface area (Å²) in [4.78, 5) is 2.59. The minimum atomic E-state index is -0.375. The zero-order valence-corrected chi connectivity index (χ0v) is 38.8. The van der Waals surface area contributed by atoms with Gasteiger partial charge in [-0.25, -0.2) is 0 Å². The molecule has 0 saturated carbocycles. The van der Waals surface area contributed by atoms with Gasteiger partial charge in [0.05, 0.1) is 17.1 Å². The number of rotatable bonds is 8. The fourth-order valence-electron chi connectivity index (χ4n) is 12.2. The molecule has 0 radical (unpaired) electrons. The van der Waals surface area contributed by atoms with Gasteiger partial charge in [-0.15, -0.1) is 0 Å². The van der Waals surface area contributed by atoms with Crippen LogP contribution in [0.25, 0.3) is 66.4 Å². The lowest BCUT2D eigenvalue weighted by atomic mass is 9.74. The molecule has 0 aliphatic heterocycles. The van der Waals surface area contributed by atoms with E-state index in [4.69, 9.17) is 0 Å². The van der Waals surface area contributed by atoms with Crippen LogP contribution in [0.3, 0.4) is 0 Å². The maximum atomic E-state index is 2.59. The molecule has 2 aliphatic rings. The Kier molecular flexibility index (Phi) is 9.49. The first kappa shape index (κ1) is 40.7. The number of nitrogens with zero attached hydrogens (tertiary/aromatic N) is 1. The van der Waals surface area contributed by atoms with Crippen LogP contribution in [0.5, 0.6) is 0 Å². The molecule has 2 atom stereocenters. The van der Waals surface area contributed by atoms with E-state index >= 15 is 0 Å². The summed E-state index contributed by atoms with van der Waals surface area (Å²) in [7, 11) is 0. The molecular weight excluding hydrogens is 831 g/mol. The Bertz CT molecular complexity index is 3750. The average Bonchev–Trinajstić information content (AvgIpc) is 3.85. The zero-order chi connectivity index (χ0) is 46.1. The molecule has 0 aromatic heterocycles. The van der Waals surface area contributed by atoms with Gasteiger partial charge in [-0.2, -0.15) is 0 Å². The van der Waals surface area contributed by atoms with Crippen molar-refractivity contribution in [3.05, 3.63) is 294 Å². The maximum absolute atomic E-state index is 2.59. The third-order valence-electron chi connectivity index (χ3n) is 15.5. The topological polar surface area (TPSA) is 3.24 Å². The zero-order valence-electron chi connectivity index (χ0n) is 38.8. The van der Waals surface area contributed by atoms with Crippen LogP contribution in [0.2, 0.25) is 0 Å². The second-order valence-corrected chi connectivity index (χ2v) is 18.9. The second-order valence-electron chi connectivity index (χ2n) is 18.9. The third-order valence-corrected chi connectivity index (χ3v) is 15.5. The van der Waals surface area contributed by atoms with Crippen molar-refractivity contribution in [2.24, 2.45) is 0 Å². The van der Waals surface area contributed by atoms with E-state index in [-0.39, 0.29) is 10.8 Å². The van der Waals surface area contributed by atoms with Crippen LogP contribution in [-0.4, -0.2) is 0 Å². The van der Waals surface area contributed by atoms with Gasteiger partial charge in [0.1, 0.15) is 0 Å². The van der Waals surface area contributed by atoms with Gasteiger partial charge in [-0.05, 0) is 115 Å². The van der Waals surface area contributed by atoms with Crippen LogP contribution in [0.1, 0.15) is 47.2 Å². The first-order chi connectivity index (χ1) is 34.0. The largest absolute Gasteiger partial charge is 0.309 e. The number of benzene rings is 11. The van der Waals surface area contributed by atoms with E-state index < -0.39 is 0 Å². The highest BCUT2D eigenvalue weighted by Crippen LogP contribution is 2.60. The first-order valence-corrected chi connectivity index (χ1v) is 24.2. The summed E-state index contributed by atoms with van der Waals surface area (Å²) in [5.74, 6) is 0. The Morgan fingerprint density at radius 3 is 1.23 bits per heavy atom. The molecule has 0 saturated heterocycles. The number of para-hydroxylation sites is 2. The van der Waals surface area contributed by atoms with Crippen LogP contribution in [-0.2, 0) is 10.8 Å². The van der Waals surface area contributed by atoms with E-state index in [0.29, 0.717) is 0 Å². The standard InChI is InChI=1S/C68H49N/c1-67(48-28-8-4-9-29-48)57-39-16-12-34-55(57)65-54(38-22-41-59(65)67)52-33-15-19-44-62(52)69(63-45-23-42-60-66(63)56-35-13-17-40-58(56)68(60,2)49-30-10-5-11-31-49)61-43-18-14-32-51(61)53-37-21-27-47-26-20-36-50(64(47)53)46-24-6-3-7-25-46/h3-45H,1-2H3. The summed E-state index contributed by atoms with van der Waals surface area (Å²) in [6.07, 6.45) is 0. The van der Waals surface area contributed by atoms with Crippen molar-refractivity contribution in [2.45, 2.75) is 24.7 Å². The smallest absolute Gasteiger partial charge is 0.0543 e. The highest BCUT2D eigenvalue weighted by molar-refractivity contribution is 6.10. The lowest BCUT2D eigenvalue weighted by molar-refractivity contribution is 0.714. The summed E-state index contributed by atoms with van der Waals surface area (Å²) in [6.45, 7) is 4.83. The van der Waals surface area contributed by atoms with Crippen LogP contribution >= 0.6 is 0 Å². The molecule has 1 heteroatoms. The summed E-state index contributed by atoms with van der Waals surface area (Å²) in [5.41, 5.74) is 22.8. The van der Waals surface area contributed by atoms with E-state index in [1.807, 2.05) is 0 Å². The van der Waals surface area contributed by atoms with Gasteiger partial charge in [0, 0.05) is 27.5 Å². The van der Waals surface area contributed by atoms with Crippen molar-refractivity contribution in [2.75, 3.05) is 4.90 Å². The van der Waals surface area contributed by atoms with Gasteiger partial charge >= 0.3 is 0 Å². The number of anilines is 3. The summed E-state index contributed by atoms with van der Waals surface area (Å²) < 4.78 is 0. The van der Waals surface area contributed by atoms with Crippen LogP contribution in [0.15, 0.2) is 261 Å². The SMILES string of the molecule is CC1(c2ccccc2)c2ccccc2-c2c(-c3ccccc3N(c3ccccc3-c3cccc4cccc(-c5ccccc5)c34)c3cccc4c3-c3ccccc3C4(C)c3ccccc3)cccc21. The number of fused-ring (bicyclic) bond motifs is 7. The molecule has 0 N–H and O–H groups in total. The molecule has 0 bridgehead atoms. The lowest BCUT2D eigenvalue weighted by Crippen LogP contribution is -2.22. The van der Waals surface area contributed by atoms with Crippen molar-refractivity contribution in [1.29, 1.82) is 0 Å². The average molecular weight is 880 g/mol. The van der Waals surface area contributed by atoms with Gasteiger partial charge in [-0.3, -0.25) is 0 Å². The molecule has 13 rings (SSSR count). The monoisotopic (exact) mass is 879 g/mol. The highest BCUT2D eigenvalue weighted by atomic mass is 15.2. The van der Waals surface area contributed by atoms with Gasteiger partial charge in [0.2, 0.25) is 0 Å². The fraction of sp³-hybridized carbons (Fsp3) is 0.0588. The minimum absolute atomic E-state index is 0.332. The Hall–Kier alpha value is -8.52. The predicted molar refractivity (Wildman–Crippen MR) is 290 cm³/mol. The molecule has 0 heterocycles. The Morgan fingerprint density at radius 2 is 0.638 bits per heavy atom. The molecule has 1 nitrogen and oxygen atoms in total. The van der Waals surface area contributed by atoms with E-state index in [2.05, 4.69) is 280 Å². The number of hydrogen-bond acceptors (Lipinski definition) is 1. The predicted octanol–water partition coefficient (Wildman–Crippen LogP) is 18.0. The van der Waals surface area contributed by atoms with Crippen molar-refractivity contribution in [3.8, 4) is 55.6 Å². The van der Waals surface area contributed by atoms with E-state index in [9.17, 15) is 0 Å². The van der Waals surface area contributed by atoms with Crippen LogP contribution in [0, 0.1) is 0 Å². The van der Waals surface area contributed by atoms with E-state index in [1.165, 1.54) is 94.2 Å². The Balaban J connectivity index is 1.12. The first-order valence-electron chi connectivity index (χ1n) is 24.2. The molecule has 2 aliphatic carbocycles. The van der Waals surface area contributed by atoms with Crippen molar-refractivity contribution >= 4 is 27.8 Å². The molecule has 11 aromatic rings. The van der Waals surface area contributed by atoms with Crippen LogP contribution < -0.4 is 4.90 Å². The molecule has 69 heavy (non-hydrogen) atoms. The van der Waals surface area contributed by atoms with Gasteiger partial charge in [-0.1, -0.05) is 243 Å². The van der Waals surface area contributed by atoms with Crippen molar-refractivity contribution in [1.82, 2.24) is 0 Å². The molecular formula is C68H49N. The summed E-state index contributed by atoms with van der Waals surface area (Å²) in [5, 5.41) is 2.45. The maximum Gasteiger partial charge on any atom is 0.0543 e. The molecule has 2 unspecified atom stereocenters. The fourth-order valence-corrected chi connectivity index (χ4v) is 12.2. The van der Waals surface area contributed by atoms with Gasteiger partial charge < -0.3 is 4.90 Å². The normalized spacial score (nSPS) is 16.4. The molecule has 326 valence electrons. The highest BCUT2D eigenvalue weighted by Gasteiger charge is 2.44. The minimum Gasteiger partial charge on any atom is -0.309 e. The summed E-state index contributed by atoms with van der Waals surface area (Å²) >= 11 is 0. The molecule has 11 aromatic carbocycles. The third kappa shape index (κ3) is 6.10. The molecule has 0 spiro atoms. The van der Waals surface area contributed by atoms with E-state index in [0.717, 1.165) is 22.6 Å². The van der Waals surface area contributed by atoms with Crippen LogP contribution in [0.4, 0.5) is 17.1 Å².